The second-order valence-electron chi connectivity index (χ2n) is 3.68. The Morgan fingerprint density at radius 2 is 2.29 bits per heavy atom. The van der Waals surface area contributed by atoms with Crippen molar-refractivity contribution in [3.8, 4) is 5.82 Å². The van der Waals surface area contributed by atoms with Gasteiger partial charge < -0.3 is 4.90 Å². The van der Waals surface area contributed by atoms with E-state index in [-0.39, 0.29) is 5.91 Å². The molecule has 5 heteroatoms. The van der Waals surface area contributed by atoms with E-state index in [2.05, 4.69) is 10.1 Å². The average molecular weight is 230 g/mol. The van der Waals surface area contributed by atoms with Gasteiger partial charge in [-0.3, -0.25) is 4.79 Å². The van der Waals surface area contributed by atoms with Gasteiger partial charge >= 0.3 is 0 Å². The van der Waals surface area contributed by atoms with E-state index in [1.807, 2.05) is 19.2 Å². The van der Waals surface area contributed by atoms with E-state index in [0.29, 0.717) is 17.9 Å². The first-order chi connectivity index (χ1) is 8.22. The van der Waals surface area contributed by atoms with Crippen LogP contribution in [0.25, 0.3) is 5.82 Å². The average Bonchev–Trinajstić information content (AvgIpc) is 2.91. The Hall–Kier alpha value is -2.17. The zero-order valence-corrected chi connectivity index (χ0v) is 9.87. The molecule has 2 heterocycles. The predicted molar refractivity (Wildman–Crippen MR) is 64.0 cm³/mol. The molecular formula is C12H14N4O. The summed E-state index contributed by atoms with van der Waals surface area (Å²) in [5.41, 5.74) is 0.588. The summed E-state index contributed by atoms with van der Waals surface area (Å²) in [6.07, 6.45) is 5.07. The molecule has 2 aromatic heterocycles. The Morgan fingerprint density at radius 1 is 1.47 bits per heavy atom. The summed E-state index contributed by atoms with van der Waals surface area (Å²) in [4.78, 5) is 17.7. The minimum atomic E-state index is -0.0213. The fourth-order valence-corrected chi connectivity index (χ4v) is 1.42. The number of pyridine rings is 1. The molecule has 0 radical (unpaired) electrons. The van der Waals surface area contributed by atoms with Gasteiger partial charge in [0.15, 0.2) is 5.82 Å². The summed E-state index contributed by atoms with van der Waals surface area (Å²) in [7, 11) is 1.77. The van der Waals surface area contributed by atoms with E-state index in [1.165, 1.54) is 0 Å². The van der Waals surface area contributed by atoms with Crippen molar-refractivity contribution in [2.75, 3.05) is 13.6 Å². The van der Waals surface area contributed by atoms with Crippen LogP contribution in [0.4, 0.5) is 0 Å². The molecule has 0 fully saturated rings. The van der Waals surface area contributed by atoms with Gasteiger partial charge in [0.2, 0.25) is 0 Å². The fraction of sp³-hybridized carbons (Fsp3) is 0.250. The third-order valence-electron chi connectivity index (χ3n) is 2.55. The zero-order valence-electron chi connectivity index (χ0n) is 9.87. The van der Waals surface area contributed by atoms with Gasteiger partial charge in [0.25, 0.3) is 5.91 Å². The van der Waals surface area contributed by atoms with Crippen LogP contribution in [0, 0.1) is 0 Å². The van der Waals surface area contributed by atoms with Crippen LogP contribution in [0.15, 0.2) is 36.8 Å². The molecule has 0 spiro atoms. The smallest absolute Gasteiger partial charge is 0.255 e. The summed E-state index contributed by atoms with van der Waals surface area (Å²) in [6, 6.07) is 5.37. The van der Waals surface area contributed by atoms with Crippen LogP contribution in [0.2, 0.25) is 0 Å². The minimum absolute atomic E-state index is 0.0213. The fourth-order valence-electron chi connectivity index (χ4n) is 1.42. The highest BCUT2D eigenvalue weighted by Crippen LogP contribution is 2.06. The maximum Gasteiger partial charge on any atom is 0.255 e. The molecule has 2 rings (SSSR count). The van der Waals surface area contributed by atoms with Crippen molar-refractivity contribution in [1.82, 2.24) is 19.7 Å². The Balaban J connectivity index is 2.22. The lowest BCUT2D eigenvalue weighted by molar-refractivity contribution is 0.0802. The highest BCUT2D eigenvalue weighted by atomic mass is 16.2. The van der Waals surface area contributed by atoms with Crippen molar-refractivity contribution in [2.24, 2.45) is 0 Å². The molecule has 0 unspecified atom stereocenters. The molecule has 0 aromatic carbocycles. The first-order valence-electron chi connectivity index (χ1n) is 5.44. The van der Waals surface area contributed by atoms with E-state index >= 15 is 0 Å². The van der Waals surface area contributed by atoms with Crippen molar-refractivity contribution < 1.29 is 4.79 Å². The third-order valence-corrected chi connectivity index (χ3v) is 2.55. The molecule has 0 aliphatic carbocycles. The Morgan fingerprint density at radius 3 is 2.82 bits per heavy atom. The van der Waals surface area contributed by atoms with Gasteiger partial charge in [-0.2, -0.15) is 5.10 Å². The van der Waals surface area contributed by atoms with Gasteiger partial charge in [0.1, 0.15) is 0 Å². The second kappa shape index (κ2) is 4.78. The normalized spacial score (nSPS) is 10.2. The Kier molecular flexibility index (Phi) is 3.18. The molecule has 0 aliphatic rings. The maximum atomic E-state index is 11.8. The van der Waals surface area contributed by atoms with Gasteiger partial charge in [-0.1, -0.05) is 0 Å². The van der Waals surface area contributed by atoms with Crippen LogP contribution in [-0.2, 0) is 0 Å². The number of rotatable bonds is 3. The number of amides is 1. The van der Waals surface area contributed by atoms with Crippen LogP contribution in [0.5, 0.6) is 0 Å². The summed E-state index contributed by atoms with van der Waals surface area (Å²) in [5.74, 6) is 0.678. The van der Waals surface area contributed by atoms with Gasteiger partial charge in [-0.25, -0.2) is 9.67 Å². The van der Waals surface area contributed by atoms with E-state index in [0.717, 1.165) is 0 Å². The summed E-state index contributed by atoms with van der Waals surface area (Å²) in [6.45, 7) is 2.61. The number of aromatic nitrogens is 3. The molecular weight excluding hydrogens is 216 g/mol. The van der Waals surface area contributed by atoms with E-state index < -0.39 is 0 Å². The van der Waals surface area contributed by atoms with Gasteiger partial charge in [-0.05, 0) is 25.1 Å². The summed E-state index contributed by atoms with van der Waals surface area (Å²) < 4.78 is 1.65. The SMILES string of the molecule is CCN(C)C(=O)c1ccc(-n2cccn2)nc1. The number of carbonyl (C=O) groups is 1. The molecule has 0 aliphatic heterocycles. The van der Waals surface area contributed by atoms with Crippen LogP contribution in [-0.4, -0.2) is 39.2 Å². The topological polar surface area (TPSA) is 51.0 Å². The monoisotopic (exact) mass is 230 g/mol. The standard InChI is InChI=1S/C12H14N4O/c1-3-15(2)12(17)10-5-6-11(13-9-10)16-8-4-7-14-16/h4-9H,3H2,1-2H3. The summed E-state index contributed by atoms with van der Waals surface area (Å²) >= 11 is 0. The van der Waals surface area contributed by atoms with Gasteiger partial charge in [-0.15, -0.1) is 0 Å². The summed E-state index contributed by atoms with van der Waals surface area (Å²) in [5, 5.41) is 4.07. The van der Waals surface area contributed by atoms with Gasteiger partial charge in [0.05, 0.1) is 5.56 Å². The molecule has 5 nitrogen and oxygen atoms in total. The second-order valence-corrected chi connectivity index (χ2v) is 3.68. The minimum Gasteiger partial charge on any atom is -0.342 e. The van der Waals surface area contributed by atoms with E-state index in [4.69, 9.17) is 0 Å². The van der Waals surface area contributed by atoms with Crippen LogP contribution in [0.1, 0.15) is 17.3 Å². The molecule has 0 atom stereocenters. The lowest BCUT2D eigenvalue weighted by atomic mass is 10.2. The number of hydrogen-bond donors (Lipinski definition) is 0. The maximum absolute atomic E-state index is 11.8. The Bertz CT molecular complexity index is 490. The van der Waals surface area contributed by atoms with Crippen LogP contribution < -0.4 is 0 Å². The molecule has 17 heavy (non-hydrogen) atoms. The third kappa shape index (κ3) is 2.33. The highest BCUT2D eigenvalue weighted by molar-refractivity contribution is 5.93. The molecule has 0 saturated carbocycles. The highest BCUT2D eigenvalue weighted by Gasteiger charge is 2.10. The van der Waals surface area contributed by atoms with Crippen molar-refractivity contribution in [1.29, 1.82) is 0 Å². The first kappa shape index (κ1) is 11.3. The molecule has 0 bridgehead atoms. The largest absolute Gasteiger partial charge is 0.342 e. The quantitative estimate of drug-likeness (QED) is 0.800. The van der Waals surface area contributed by atoms with E-state index in [9.17, 15) is 4.79 Å². The first-order valence-corrected chi connectivity index (χ1v) is 5.44. The van der Waals surface area contributed by atoms with Crippen LogP contribution >= 0.6 is 0 Å². The molecule has 88 valence electrons. The van der Waals surface area contributed by atoms with Crippen LogP contribution in [0.3, 0.4) is 0 Å². The lowest BCUT2D eigenvalue weighted by Crippen LogP contribution is -2.26. The number of nitrogens with zero attached hydrogens (tertiary/aromatic N) is 4. The van der Waals surface area contributed by atoms with Crippen molar-refractivity contribution in [3.05, 3.63) is 42.4 Å². The predicted octanol–water partition coefficient (Wildman–Crippen LogP) is 1.36. The van der Waals surface area contributed by atoms with E-state index in [1.54, 1.807) is 41.2 Å². The lowest BCUT2D eigenvalue weighted by Gasteiger charge is -2.14. The van der Waals surface area contributed by atoms with Crippen molar-refractivity contribution >= 4 is 5.91 Å². The zero-order chi connectivity index (χ0) is 12.3. The van der Waals surface area contributed by atoms with Crippen molar-refractivity contribution in [3.63, 3.8) is 0 Å². The number of carbonyl (C=O) groups excluding carboxylic acids is 1. The van der Waals surface area contributed by atoms with Gasteiger partial charge in [0, 0.05) is 32.2 Å². The molecule has 0 saturated heterocycles. The van der Waals surface area contributed by atoms with Crippen molar-refractivity contribution in [2.45, 2.75) is 6.92 Å². The number of hydrogen-bond acceptors (Lipinski definition) is 3. The molecule has 2 aromatic rings. The molecule has 0 N–H and O–H groups in total. The molecule has 1 amide bonds. The Labute approximate surface area is 99.7 Å².